The molecule has 0 fully saturated rings. The summed E-state index contributed by atoms with van der Waals surface area (Å²) in [5, 5.41) is 25.0. The lowest BCUT2D eigenvalue weighted by Gasteiger charge is -2.18. The highest BCUT2D eigenvalue weighted by atomic mass is 16.4. The van der Waals surface area contributed by atoms with Crippen molar-refractivity contribution in [3.05, 3.63) is 29.8 Å². The van der Waals surface area contributed by atoms with Gasteiger partial charge in [0, 0.05) is 6.42 Å². The average Bonchev–Trinajstić information content (AvgIpc) is 2.60. The zero-order chi connectivity index (χ0) is 19.7. The molecule has 10 nitrogen and oxygen atoms in total. The van der Waals surface area contributed by atoms with E-state index in [0.29, 0.717) is 5.56 Å². The first kappa shape index (κ1) is 20.9. The molecule has 142 valence electrons. The summed E-state index contributed by atoms with van der Waals surface area (Å²) in [5.41, 5.74) is 5.91. The van der Waals surface area contributed by atoms with Crippen LogP contribution in [0.15, 0.2) is 24.3 Å². The number of nitrogens with two attached hydrogens (primary N) is 1. The number of carbonyl (C=O) groups is 4. The monoisotopic (exact) mass is 366 g/mol. The minimum absolute atomic E-state index is 0.0602. The van der Waals surface area contributed by atoms with Gasteiger partial charge >= 0.3 is 5.97 Å². The van der Waals surface area contributed by atoms with Crippen LogP contribution in [0.25, 0.3) is 0 Å². The minimum Gasteiger partial charge on any atom is -0.508 e. The number of phenolic OH excluding ortho intramolecular Hbond substituents is 1. The normalized spacial score (nSPS) is 12.5. The number of benzene rings is 1. The molecule has 26 heavy (non-hydrogen) atoms. The van der Waals surface area contributed by atoms with Crippen molar-refractivity contribution in [2.45, 2.75) is 25.4 Å². The Bertz CT molecular complexity index is 661. The molecule has 0 saturated heterocycles. The van der Waals surface area contributed by atoms with Crippen molar-refractivity contribution in [1.29, 1.82) is 0 Å². The van der Waals surface area contributed by atoms with Crippen LogP contribution in [0, 0.1) is 0 Å². The fourth-order valence-electron chi connectivity index (χ4n) is 1.98. The lowest BCUT2D eigenvalue weighted by molar-refractivity contribution is -0.141. The Morgan fingerprint density at radius 3 is 2.23 bits per heavy atom. The second-order valence-electron chi connectivity index (χ2n) is 5.54. The number of rotatable bonds is 9. The van der Waals surface area contributed by atoms with Crippen molar-refractivity contribution in [3.8, 4) is 5.75 Å². The number of hydrogen-bond donors (Lipinski definition) is 6. The van der Waals surface area contributed by atoms with Gasteiger partial charge in [-0.3, -0.25) is 19.2 Å². The lowest BCUT2D eigenvalue weighted by atomic mass is 10.0. The van der Waals surface area contributed by atoms with Gasteiger partial charge in [-0.15, -0.1) is 0 Å². The molecule has 0 radical (unpaired) electrons. The number of aliphatic carboxylic acids is 1. The fourth-order valence-corrected chi connectivity index (χ4v) is 1.98. The third-order valence-electron chi connectivity index (χ3n) is 3.38. The number of aromatic hydroxyl groups is 1. The van der Waals surface area contributed by atoms with Crippen molar-refractivity contribution in [2.24, 2.45) is 5.73 Å². The number of carbonyl (C=O) groups excluding carboxylic acids is 3. The third kappa shape index (κ3) is 7.18. The largest absolute Gasteiger partial charge is 0.508 e. The Morgan fingerprint density at radius 2 is 1.69 bits per heavy atom. The molecule has 2 unspecified atom stereocenters. The molecule has 1 aromatic carbocycles. The summed E-state index contributed by atoms with van der Waals surface area (Å²) in [4.78, 5) is 46.1. The van der Waals surface area contributed by atoms with Crippen LogP contribution in [0.5, 0.6) is 5.75 Å². The van der Waals surface area contributed by atoms with E-state index < -0.39 is 42.3 Å². The molecule has 0 aliphatic carbocycles. The van der Waals surface area contributed by atoms with E-state index in [9.17, 15) is 24.3 Å². The van der Waals surface area contributed by atoms with E-state index in [1.54, 1.807) is 12.1 Å². The van der Waals surface area contributed by atoms with E-state index in [0.717, 1.165) is 0 Å². The van der Waals surface area contributed by atoms with Gasteiger partial charge in [0.25, 0.3) is 0 Å². The van der Waals surface area contributed by atoms with Crippen LogP contribution in [0.1, 0.15) is 12.5 Å². The first-order valence-electron chi connectivity index (χ1n) is 7.80. The Labute approximate surface area is 149 Å². The molecule has 1 rings (SSSR count). The molecule has 0 bridgehead atoms. The maximum absolute atomic E-state index is 12.3. The summed E-state index contributed by atoms with van der Waals surface area (Å²) in [6.07, 6.45) is 0.116. The van der Waals surface area contributed by atoms with Crippen LogP contribution in [0.3, 0.4) is 0 Å². The highest BCUT2D eigenvalue weighted by Gasteiger charge is 2.22. The number of carboxylic acids is 1. The zero-order valence-corrected chi connectivity index (χ0v) is 14.2. The Kier molecular flexibility index (Phi) is 8.03. The molecule has 3 amide bonds. The maximum Gasteiger partial charge on any atom is 0.325 e. The molecule has 0 saturated carbocycles. The Hall–Kier alpha value is -3.14. The quantitative estimate of drug-likeness (QED) is 0.296. The van der Waals surface area contributed by atoms with Gasteiger partial charge in [0.05, 0.1) is 13.1 Å². The second kappa shape index (κ2) is 9.99. The van der Waals surface area contributed by atoms with Gasteiger partial charge in [-0.2, -0.15) is 0 Å². The van der Waals surface area contributed by atoms with Crippen LogP contribution in [0.2, 0.25) is 0 Å². The van der Waals surface area contributed by atoms with Gasteiger partial charge in [-0.25, -0.2) is 0 Å². The predicted molar refractivity (Wildman–Crippen MR) is 91.0 cm³/mol. The highest BCUT2D eigenvalue weighted by Crippen LogP contribution is 2.11. The third-order valence-corrected chi connectivity index (χ3v) is 3.38. The Balaban J connectivity index is 2.68. The van der Waals surface area contributed by atoms with E-state index in [2.05, 4.69) is 16.0 Å². The summed E-state index contributed by atoms with van der Waals surface area (Å²) in [5.74, 6) is -3.00. The van der Waals surface area contributed by atoms with E-state index in [1.165, 1.54) is 19.1 Å². The van der Waals surface area contributed by atoms with Gasteiger partial charge in [-0.05, 0) is 24.6 Å². The van der Waals surface area contributed by atoms with E-state index in [-0.39, 0.29) is 18.7 Å². The zero-order valence-electron chi connectivity index (χ0n) is 14.2. The highest BCUT2D eigenvalue weighted by molar-refractivity contribution is 5.92. The molecular weight excluding hydrogens is 344 g/mol. The first-order valence-corrected chi connectivity index (χ1v) is 7.80. The molecule has 0 aliphatic heterocycles. The molecule has 2 atom stereocenters. The van der Waals surface area contributed by atoms with Crippen molar-refractivity contribution < 1.29 is 29.4 Å². The van der Waals surface area contributed by atoms with Gasteiger partial charge in [0.15, 0.2) is 0 Å². The summed E-state index contributed by atoms with van der Waals surface area (Å²) in [6, 6.07) is 3.98. The standard InChI is InChI=1S/C16H22N4O6/c1-9(16(25)26)19-14(23)8-18-15(24)12(20-13(22)7-17)6-10-2-4-11(21)5-3-10/h2-5,9,12,21H,6-8,17H2,1H3,(H,18,24)(H,19,23)(H,20,22)(H,25,26). The molecule has 0 spiro atoms. The molecule has 1 aromatic rings. The summed E-state index contributed by atoms with van der Waals surface area (Å²) < 4.78 is 0. The van der Waals surface area contributed by atoms with Crippen LogP contribution in [0.4, 0.5) is 0 Å². The van der Waals surface area contributed by atoms with Crippen LogP contribution >= 0.6 is 0 Å². The number of carboxylic acid groups (broad SMARTS) is 1. The average molecular weight is 366 g/mol. The Morgan fingerprint density at radius 1 is 1.08 bits per heavy atom. The minimum atomic E-state index is -1.20. The van der Waals surface area contributed by atoms with Crippen LogP contribution in [-0.4, -0.2) is 59.1 Å². The van der Waals surface area contributed by atoms with E-state index in [1.807, 2.05) is 0 Å². The smallest absolute Gasteiger partial charge is 0.325 e. The van der Waals surface area contributed by atoms with Gasteiger partial charge in [0.2, 0.25) is 17.7 Å². The van der Waals surface area contributed by atoms with Crippen molar-refractivity contribution in [3.63, 3.8) is 0 Å². The van der Waals surface area contributed by atoms with Gasteiger partial charge < -0.3 is 31.9 Å². The molecule has 0 aliphatic rings. The maximum atomic E-state index is 12.3. The van der Waals surface area contributed by atoms with Gasteiger partial charge in [-0.1, -0.05) is 12.1 Å². The first-order chi connectivity index (χ1) is 12.2. The second-order valence-corrected chi connectivity index (χ2v) is 5.54. The van der Waals surface area contributed by atoms with Crippen molar-refractivity contribution in [2.75, 3.05) is 13.1 Å². The molecule has 0 aromatic heterocycles. The van der Waals surface area contributed by atoms with Crippen molar-refractivity contribution in [1.82, 2.24) is 16.0 Å². The topological polar surface area (TPSA) is 171 Å². The number of phenols is 1. The SMILES string of the molecule is CC(NC(=O)CNC(=O)C(Cc1ccc(O)cc1)NC(=O)CN)C(=O)O. The number of amides is 3. The number of nitrogens with one attached hydrogen (secondary N) is 3. The molecule has 10 heteroatoms. The van der Waals surface area contributed by atoms with Crippen LogP contribution < -0.4 is 21.7 Å². The van der Waals surface area contributed by atoms with E-state index >= 15 is 0 Å². The molecular formula is C16H22N4O6. The summed E-state index contributed by atoms with van der Waals surface area (Å²) in [7, 11) is 0. The van der Waals surface area contributed by atoms with Crippen LogP contribution in [-0.2, 0) is 25.6 Å². The molecule has 7 N–H and O–H groups in total. The summed E-state index contributed by atoms with van der Waals surface area (Å²) >= 11 is 0. The van der Waals surface area contributed by atoms with Crippen molar-refractivity contribution >= 4 is 23.7 Å². The van der Waals surface area contributed by atoms with Gasteiger partial charge in [0.1, 0.15) is 17.8 Å². The van der Waals surface area contributed by atoms with E-state index in [4.69, 9.17) is 10.8 Å². The lowest BCUT2D eigenvalue weighted by Crippen LogP contribution is -2.52. The number of hydrogen-bond acceptors (Lipinski definition) is 6. The molecule has 0 heterocycles. The predicted octanol–water partition coefficient (Wildman–Crippen LogP) is -1.92. The summed E-state index contributed by atoms with van der Waals surface area (Å²) in [6.45, 7) is 0.536. The fraction of sp³-hybridized carbons (Fsp3) is 0.375.